The minimum atomic E-state index is -0.788. The van der Waals surface area contributed by atoms with Crippen LogP contribution in [0.25, 0.3) is 0 Å². The van der Waals surface area contributed by atoms with E-state index in [2.05, 4.69) is 35.2 Å². The zero-order valence-corrected chi connectivity index (χ0v) is 11.2. The zero-order chi connectivity index (χ0) is 13.3. The van der Waals surface area contributed by atoms with Crippen molar-refractivity contribution < 1.29 is 5.11 Å². The molecule has 3 heteroatoms. The van der Waals surface area contributed by atoms with Gasteiger partial charge in [-0.2, -0.15) is 5.26 Å². The van der Waals surface area contributed by atoms with E-state index in [-0.39, 0.29) is 6.42 Å². The highest BCUT2D eigenvalue weighted by Gasteiger charge is 2.36. The van der Waals surface area contributed by atoms with Gasteiger partial charge in [0.05, 0.1) is 18.1 Å². The van der Waals surface area contributed by atoms with Crippen LogP contribution in [0.15, 0.2) is 24.3 Å². The average molecular weight is 256 g/mol. The third kappa shape index (κ3) is 2.80. The van der Waals surface area contributed by atoms with E-state index in [9.17, 15) is 5.11 Å². The molecule has 1 aromatic carbocycles. The summed E-state index contributed by atoms with van der Waals surface area (Å²) in [5.41, 5.74) is 2.09. The first kappa shape index (κ1) is 12.7. The third-order valence-electron chi connectivity index (χ3n) is 4.29. The molecular weight excluding hydrogens is 236 g/mol. The van der Waals surface area contributed by atoms with Crippen LogP contribution in [-0.2, 0) is 6.54 Å². The van der Waals surface area contributed by atoms with Crippen LogP contribution < -0.4 is 0 Å². The number of hydrogen-bond donors (Lipinski definition) is 1. The Morgan fingerprint density at radius 2 is 2.16 bits per heavy atom. The fraction of sp³-hybridized carbons (Fsp3) is 0.562. The molecule has 0 aromatic heterocycles. The van der Waals surface area contributed by atoms with E-state index < -0.39 is 5.60 Å². The number of nitriles is 1. The zero-order valence-electron chi connectivity index (χ0n) is 11.2. The Labute approximate surface area is 114 Å². The molecule has 1 saturated carbocycles. The van der Waals surface area contributed by atoms with E-state index in [1.54, 1.807) is 0 Å². The molecule has 100 valence electrons. The molecule has 1 aliphatic heterocycles. The van der Waals surface area contributed by atoms with Gasteiger partial charge in [0.1, 0.15) is 0 Å². The molecule has 1 N–H and O–H groups in total. The van der Waals surface area contributed by atoms with Gasteiger partial charge >= 0.3 is 0 Å². The molecule has 2 fully saturated rings. The lowest BCUT2D eigenvalue weighted by atomic mass is 10.00. The van der Waals surface area contributed by atoms with Crippen LogP contribution in [0, 0.1) is 11.3 Å². The van der Waals surface area contributed by atoms with Crippen molar-refractivity contribution in [1.29, 1.82) is 5.26 Å². The second-order valence-corrected chi connectivity index (χ2v) is 5.99. The lowest BCUT2D eigenvalue weighted by Gasteiger charge is -2.21. The maximum atomic E-state index is 10.3. The van der Waals surface area contributed by atoms with Gasteiger partial charge in [-0.25, -0.2) is 0 Å². The SMILES string of the molecule is N#CCC1(O)CCN(Cc2ccccc2C2CC2)C1. The molecule has 0 bridgehead atoms. The molecule has 1 heterocycles. The minimum Gasteiger partial charge on any atom is -0.387 e. The Bertz CT molecular complexity index is 504. The van der Waals surface area contributed by atoms with Crippen molar-refractivity contribution in [2.45, 2.75) is 43.7 Å². The van der Waals surface area contributed by atoms with Crippen LogP contribution in [0.5, 0.6) is 0 Å². The Morgan fingerprint density at radius 3 is 2.89 bits per heavy atom. The second-order valence-electron chi connectivity index (χ2n) is 5.99. The average Bonchev–Trinajstić information content (AvgIpc) is 3.16. The highest BCUT2D eigenvalue weighted by Crippen LogP contribution is 2.42. The Kier molecular flexibility index (Phi) is 3.30. The summed E-state index contributed by atoms with van der Waals surface area (Å²) in [6, 6.07) is 10.8. The van der Waals surface area contributed by atoms with E-state index in [0.717, 1.165) is 19.0 Å². The van der Waals surface area contributed by atoms with Crippen LogP contribution in [0.1, 0.15) is 42.7 Å². The fourth-order valence-corrected chi connectivity index (χ4v) is 3.08. The predicted octanol–water partition coefficient (Wildman–Crippen LogP) is 2.41. The van der Waals surface area contributed by atoms with E-state index in [0.29, 0.717) is 13.0 Å². The van der Waals surface area contributed by atoms with Crippen LogP contribution >= 0.6 is 0 Å². The molecule has 19 heavy (non-hydrogen) atoms. The van der Waals surface area contributed by atoms with Gasteiger partial charge in [0.25, 0.3) is 0 Å². The molecule has 0 radical (unpaired) electrons. The number of likely N-dealkylation sites (tertiary alicyclic amines) is 1. The summed E-state index contributed by atoms with van der Waals surface area (Å²) >= 11 is 0. The second kappa shape index (κ2) is 4.96. The number of benzene rings is 1. The van der Waals surface area contributed by atoms with Gasteiger partial charge < -0.3 is 5.11 Å². The highest BCUT2D eigenvalue weighted by molar-refractivity contribution is 5.33. The van der Waals surface area contributed by atoms with E-state index in [1.165, 1.54) is 24.0 Å². The first-order valence-corrected chi connectivity index (χ1v) is 7.10. The van der Waals surface area contributed by atoms with E-state index >= 15 is 0 Å². The highest BCUT2D eigenvalue weighted by atomic mass is 16.3. The monoisotopic (exact) mass is 256 g/mol. The fourth-order valence-electron chi connectivity index (χ4n) is 3.08. The van der Waals surface area contributed by atoms with Gasteiger partial charge in [-0.3, -0.25) is 4.90 Å². The minimum absolute atomic E-state index is 0.244. The number of rotatable bonds is 4. The molecule has 0 spiro atoms. The standard InChI is InChI=1S/C16H20N2O/c17-9-7-16(19)8-10-18(12-16)11-14-3-1-2-4-15(14)13-5-6-13/h1-4,13,19H,5-8,10-12H2. The number of hydrogen-bond acceptors (Lipinski definition) is 3. The molecule has 1 unspecified atom stereocenters. The van der Waals surface area contributed by atoms with Crippen molar-refractivity contribution in [3.63, 3.8) is 0 Å². The van der Waals surface area contributed by atoms with Crippen molar-refractivity contribution in [2.75, 3.05) is 13.1 Å². The normalized spacial score (nSPS) is 27.4. The van der Waals surface area contributed by atoms with Gasteiger partial charge in [-0.1, -0.05) is 24.3 Å². The van der Waals surface area contributed by atoms with E-state index in [4.69, 9.17) is 5.26 Å². The van der Waals surface area contributed by atoms with Crippen LogP contribution in [0.3, 0.4) is 0 Å². The van der Waals surface area contributed by atoms with Crippen LogP contribution in [0.2, 0.25) is 0 Å². The molecular formula is C16H20N2O. The molecule has 3 nitrogen and oxygen atoms in total. The summed E-state index contributed by atoms with van der Waals surface area (Å²) in [4.78, 5) is 2.28. The van der Waals surface area contributed by atoms with Gasteiger partial charge in [0.2, 0.25) is 0 Å². The maximum Gasteiger partial charge on any atom is 0.0915 e. The Hall–Kier alpha value is -1.37. The number of nitrogens with zero attached hydrogens (tertiary/aromatic N) is 2. The first-order valence-electron chi connectivity index (χ1n) is 7.10. The number of β-amino-alcohol motifs (C(OH)–C–C–N with tert-alkyl or cyclic N) is 1. The van der Waals surface area contributed by atoms with Crippen molar-refractivity contribution in [3.05, 3.63) is 35.4 Å². The summed E-state index contributed by atoms with van der Waals surface area (Å²) in [5.74, 6) is 0.761. The summed E-state index contributed by atoms with van der Waals surface area (Å²) in [6.07, 6.45) is 3.59. The predicted molar refractivity (Wildman–Crippen MR) is 73.5 cm³/mol. The molecule has 1 saturated heterocycles. The molecule has 2 aliphatic rings. The van der Waals surface area contributed by atoms with Crippen LogP contribution in [0.4, 0.5) is 0 Å². The van der Waals surface area contributed by atoms with Crippen LogP contribution in [-0.4, -0.2) is 28.7 Å². The van der Waals surface area contributed by atoms with Crippen molar-refractivity contribution in [2.24, 2.45) is 0 Å². The van der Waals surface area contributed by atoms with Crippen molar-refractivity contribution in [1.82, 2.24) is 4.90 Å². The lowest BCUT2D eigenvalue weighted by Crippen LogP contribution is -2.32. The quantitative estimate of drug-likeness (QED) is 0.900. The third-order valence-corrected chi connectivity index (χ3v) is 4.29. The summed E-state index contributed by atoms with van der Waals surface area (Å²) in [7, 11) is 0. The van der Waals surface area contributed by atoms with Gasteiger partial charge in [0, 0.05) is 19.6 Å². The van der Waals surface area contributed by atoms with Gasteiger partial charge in [-0.05, 0) is 36.3 Å². The summed E-state index contributed by atoms with van der Waals surface area (Å²) < 4.78 is 0. The maximum absolute atomic E-state index is 10.3. The summed E-state index contributed by atoms with van der Waals surface area (Å²) in [5, 5.41) is 19.0. The van der Waals surface area contributed by atoms with Gasteiger partial charge in [-0.15, -0.1) is 0 Å². The number of aliphatic hydroxyl groups is 1. The molecule has 1 aromatic rings. The topological polar surface area (TPSA) is 47.3 Å². The van der Waals surface area contributed by atoms with Crippen molar-refractivity contribution >= 4 is 0 Å². The largest absolute Gasteiger partial charge is 0.387 e. The molecule has 3 rings (SSSR count). The Balaban J connectivity index is 1.68. The summed E-state index contributed by atoms with van der Waals surface area (Å²) in [6.45, 7) is 2.41. The van der Waals surface area contributed by atoms with Crippen molar-refractivity contribution in [3.8, 4) is 6.07 Å². The molecule has 0 amide bonds. The van der Waals surface area contributed by atoms with Gasteiger partial charge in [0.15, 0.2) is 0 Å². The Morgan fingerprint density at radius 1 is 1.37 bits per heavy atom. The lowest BCUT2D eigenvalue weighted by molar-refractivity contribution is 0.0531. The van der Waals surface area contributed by atoms with E-state index in [1.807, 2.05) is 0 Å². The first-order chi connectivity index (χ1) is 9.20. The smallest absolute Gasteiger partial charge is 0.0915 e. The molecule has 1 atom stereocenters. The molecule has 1 aliphatic carbocycles.